The first kappa shape index (κ1) is 14.9. The topological polar surface area (TPSA) is 47.3 Å². The first-order chi connectivity index (χ1) is 9.51. The van der Waals surface area contributed by atoms with Gasteiger partial charge in [-0.3, -0.25) is 4.68 Å². The van der Waals surface area contributed by atoms with Gasteiger partial charge in [-0.25, -0.2) is 0 Å². The number of hydrogen-bond acceptors (Lipinski definition) is 3. The third kappa shape index (κ3) is 3.32. The van der Waals surface area contributed by atoms with E-state index in [0.29, 0.717) is 17.4 Å². The average molecular weight is 295 g/mol. The van der Waals surface area contributed by atoms with Gasteiger partial charge >= 0.3 is 0 Å². The minimum atomic E-state index is -0.536. The van der Waals surface area contributed by atoms with E-state index in [1.165, 1.54) is 0 Å². The molecule has 2 rings (SSSR count). The SMILES string of the molecule is CCn1nc(C)cc1COc1ccc([C@H](C)O)cc1Cl. The van der Waals surface area contributed by atoms with E-state index in [-0.39, 0.29) is 0 Å². The lowest BCUT2D eigenvalue weighted by molar-refractivity contribution is 0.199. The van der Waals surface area contributed by atoms with Gasteiger partial charge in [0.2, 0.25) is 0 Å². The van der Waals surface area contributed by atoms with Gasteiger partial charge in [0, 0.05) is 6.54 Å². The fraction of sp³-hybridized carbons (Fsp3) is 0.400. The van der Waals surface area contributed by atoms with E-state index >= 15 is 0 Å². The highest BCUT2D eigenvalue weighted by molar-refractivity contribution is 6.32. The molecular weight excluding hydrogens is 276 g/mol. The van der Waals surface area contributed by atoms with Crippen molar-refractivity contribution in [3.8, 4) is 5.75 Å². The fourth-order valence-electron chi connectivity index (χ4n) is 2.03. The molecule has 0 amide bonds. The van der Waals surface area contributed by atoms with Crippen LogP contribution in [0.2, 0.25) is 5.02 Å². The Kier molecular flexibility index (Phi) is 4.68. The predicted molar refractivity (Wildman–Crippen MR) is 79.1 cm³/mol. The standard InChI is InChI=1S/C15H19ClN2O2/c1-4-18-13(7-10(2)17-18)9-20-15-6-5-12(11(3)19)8-14(15)16/h5-8,11,19H,4,9H2,1-3H3/t11-/m0/s1. The molecule has 1 heterocycles. The zero-order chi connectivity index (χ0) is 14.7. The molecule has 0 unspecified atom stereocenters. The summed E-state index contributed by atoms with van der Waals surface area (Å²) >= 11 is 6.16. The van der Waals surface area contributed by atoms with E-state index < -0.39 is 6.10 Å². The van der Waals surface area contributed by atoms with E-state index in [4.69, 9.17) is 16.3 Å². The van der Waals surface area contributed by atoms with Gasteiger partial charge < -0.3 is 9.84 Å². The molecule has 0 aliphatic carbocycles. The Morgan fingerprint density at radius 1 is 1.40 bits per heavy atom. The second-order valence-corrected chi connectivity index (χ2v) is 5.15. The first-order valence-corrected chi connectivity index (χ1v) is 7.02. The van der Waals surface area contributed by atoms with Crippen LogP contribution in [0.15, 0.2) is 24.3 Å². The molecule has 2 aromatic rings. The summed E-state index contributed by atoms with van der Waals surface area (Å²) in [7, 11) is 0. The van der Waals surface area contributed by atoms with Crippen LogP contribution in [-0.2, 0) is 13.2 Å². The quantitative estimate of drug-likeness (QED) is 0.918. The van der Waals surface area contributed by atoms with E-state index in [9.17, 15) is 5.11 Å². The van der Waals surface area contributed by atoms with Crippen LogP contribution in [0.3, 0.4) is 0 Å². The molecule has 1 aromatic carbocycles. The molecule has 108 valence electrons. The van der Waals surface area contributed by atoms with Crippen molar-refractivity contribution in [2.24, 2.45) is 0 Å². The second kappa shape index (κ2) is 6.29. The van der Waals surface area contributed by atoms with Gasteiger partial charge in [-0.15, -0.1) is 0 Å². The van der Waals surface area contributed by atoms with Crippen molar-refractivity contribution in [1.82, 2.24) is 9.78 Å². The van der Waals surface area contributed by atoms with Gasteiger partial charge in [0.1, 0.15) is 12.4 Å². The van der Waals surface area contributed by atoms with Crippen molar-refractivity contribution >= 4 is 11.6 Å². The van der Waals surface area contributed by atoms with Crippen LogP contribution in [0.1, 0.15) is 36.9 Å². The van der Waals surface area contributed by atoms with E-state index in [1.807, 2.05) is 30.7 Å². The number of rotatable bonds is 5. The lowest BCUT2D eigenvalue weighted by Gasteiger charge is -2.11. The number of aliphatic hydroxyl groups is 1. The smallest absolute Gasteiger partial charge is 0.138 e. The Balaban J connectivity index is 2.10. The van der Waals surface area contributed by atoms with Gasteiger partial charge in [0.05, 0.1) is 22.5 Å². The van der Waals surface area contributed by atoms with Gasteiger partial charge in [0.15, 0.2) is 0 Å². The molecule has 1 atom stereocenters. The van der Waals surface area contributed by atoms with Crippen LogP contribution >= 0.6 is 11.6 Å². The summed E-state index contributed by atoms with van der Waals surface area (Å²) in [5.41, 5.74) is 2.76. The Morgan fingerprint density at radius 2 is 2.15 bits per heavy atom. The van der Waals surface area contributed by atoms with Gasteiger partial charge in [-0.2, -0.15) is 5.10 Å². The zero-order valence-corrected chi connectivity index (χ0v) is 12.7. The van der Waals surface area contributed by atoms with E-state index in [0.717, 1.165) is 23.5 Å². The maximum atomic E-state index is 9.51. The number of hydrogen-bond donors (Lipinski definition) is 1. The molecule has 0 fully saturated rings. The molecule has 0 bridgehead atoms. The molecule has 0 aliphatic rings. The molecule has 0 radical (unpaired) electrons. The number of halogens is 1. The highest BCUT2D eigenvalue weighted by Gasteiger charge is 2.09. The molecule has 0 spiro atoms. The number of nitrogens with zero attached hydrogens (tertiary/aromatic N) is 2. The lowest BCUT2D eigenvalue weighted by atomic mass is 10.1. The lowest BCUT2D eigenvalue weighted by Crippen LogP contribution is -2.06. The summed E-state index contributed by atoms with van der Waals surface area (Å²) in [5, 5.41) is 14.4. The number of aromatic nitrogens is 2. The van der Waals surface area contributed by atoms with E-state index in [2.05, 4.69) is 5.10 Å². The van der Waals surface area contributed by atoms with Crippen LogP contribution in [0.4, 0.5) is 0 Å². The zero-order valence-electron chi connectivity index (χ0n) is 11.9. The third-order valence-corrected chi connectivity index (χ3v) is 3.39. The molecule has 20 heavy (non-hydrogen) atoms. The molecule has 0 saturated carbocycles. The van der Waals surface area contributed by atoms with Crippen LogP contribution < -0.4 is 4.74 Å². The Bertz CT molecular complexity index is 594. The summed E-state index contributed by atoms with van der Waals surface area (Å²) in [5.74, 6) is 0.609. The minimum absolute atomic E-state index is 0.419. The number of aliphatic hydroxyl groups excluding tert-OH is 1. The van der Waals surface area contributed by atoms with Crippen molar-refractivity contribution in [3.05, 3.63) is 46.2 Å². The van der Waals surface area contributed by atoms with Gasteiger partial charge in [0.25, 0.3) is 0 Å². The van der Waals surface area contributed by atoms with Gasteiger partial charge in [-0.05, 0) is 44.5 Å². The van der Waals surface area contributed by atoms with Crippen molar-refractivity contribution in [2.45, 2.75) is 40.0 Å². The monoisotopic (exact) mass is 294 g/mol. The number of ether oxygens (including phenoxy) is 1. The van der Waals surface area contributed by atoms with Crippen LogP contribution in [0, 0.1) is 6.92 Å². The summed E-state index contributed by atoms with van der Waals surface area (Å²) < 4.78 is 7.65. The molecule has 1 aromatic heterocycles. The summed E-state index contributed by atoms with van der Waals surface area (Å²) in [4.78, 5) is 0. The summed E-state index contributed by atoms with van der Waals surface area (Å²) in [6.45, 7) is 6.93. The van der Waals surface area contributed by atoms with E-state index in [1.54, 1.807) is 19.1 Å². The molecule has 1 N–H and O–H groups in total. The second-order valence-electron chi connectivity index (χ2n) is 4.75. The van der Waals surface area contributed by atoms with Crippen LogP contribution in [-0.4, -0.2) is 14.9 Å². The molecule has 4 nitrogen and oxygen atoms in total. The maximum Gasteiger partial charge on any atom is 0.138 e. The molecule has 5 heteroatoms. The Morgan fingerprint density at radius 3 is 2.75 bits per heavy atom. The Labute approximate surface area is 123 Å². The van der Waals surface area contributed by atoms with Crippen LogP contribution in [0.5, 0.6) is 5.75 Å². The number of aryl methyl sites for hydroxylation is 2. The highest BCUT2D eigenvalue weighted by Crippen LogP contribution is 2.28. The molecule has 0 aliphatic heterocycles. The Hall–Kier alpha value is -1.52. The predicted octanol–water partition coefficient (Wildman–Crippen LogP) is 3.50. The number of benzene rings is 1. The first-order valence-electron chi connectivity index (χ1n) is 6.65. The van der Waals surface area contributed by atoms with Crippen molar-refractivity contribution in [3.63, 3.8) is 0 Å². The third-order valence-electron chi connectivity index (χ3n) is 3.10. The molecular formula is C15H19ClN2O2. The largest absolute Gasteiger partial charge is 0.486 e. The summed E-state index contributed by atoms with van der Waals surface area (Å²) in [6.07, 6.45) is -0.536. The highest BCUT2D eigenvalue weighted by atomic mass is 35.5. The van der Waals surface area contributed by atoms with Crippen molar-refractivity contribution in [2.75, 3.05) is 0 Å². The van der Waals surface area contributed by atoms with Crippen LogP contribution in [0.25, 0.3) is 0 Å². The van der Waals surface area contributed by atoms with Crippen molar-refractivity contribution < 1.29 is 9.84 Å². The average Bonchev–Trinajstić information content (AvgIpc) is 2.77. The van der Waals surface area contributed by atoms with Crippen molar-refractivity contribution in [1.29, 1.82) is 0 Å². The van der Waals surface area contributed by atoms with Gasteiger partial charge in [-0.1, -0.05) is 17.7 Å². The fourth-order valence-corrected chi connectivity index (χ4v) is 2.28. The minimum Gasteiger partial charge on any atom is -0.486 e. The normalized spacial score (nSPS) is 12.4. The molecule has 0 saturated heterocycles. The maximum absolute atomic E-state index is 9.51. The summed E-state index contributed by atoms with van der Waals surface area (Å²) in [6, 6.07) is 7.32.